The van der Waals surface area contributed by atoms with Gasteiger partial charge in [0.05, 0.1) is 6.54 Å². The summed E-state index contributed by atoms with van der Waals surface area (Å²) in [5, 5.41) is 2.76. The number of nitrogens with two attached hydrogens (primary N) is 1. The highest BCUT2D eigenvalue weighted by atomic mass is 19.4. The molecule has 21 heavy (non-hydrogen) atoms. The van der Waals surface area contributed by atoms with Crippen molar-refractivity contribution in [1.82, 2.24) is 10.3 Å². The van der Waals surface area contributed by atoms with Gasteiger partial charge in [-0.3, -0.25) is 4.99 Å². The molecular weight excluding hydrogens is 285 g/mol. The van der Waals surface area contributed by atoms with Crippen molar-refractivity contribution < 1.29 is 17.9 Å². The van der Waals surface area contributed by atoms with Crippen molar-refractivity contribution in [3.63, 3.8) is 0 Å². The van der Waals surface area contributed by atoms with Crippen LogP contribution in [0.5, 0.6) is 5.88 Å². The lowest BCUT2D eigenvalue weighted by atomic mass is 10.2. The van der Waals surface area contributed by atoms with Gasteiger partial charge in [-0.2, -0.15) is 13.2 Å². The second kappa shape index (κ2) is 7.70. The number of rotatable bonds is 6. The van der Waals surface area contributed by atoms with Crippen molar-refractivity contribution >= 4 is 5.96 Å². The van der Waals surface area contributed by atoms with Crippen LogP contribution < -0.4 is 15.8 Å². The zero-order valence-electron chi connectivity index (χ0n) is 11.9. The molecule has 0 fully saturated rings. The van der Waals surface area contributed by atoms with Crippen LogP contribution >= 0.6 is 0 Å². The minimum Gasteiger partial charge on any atom is -0.475 e. The standard InChI is InChI=1S/C13H19F3N4O/c1-9(2)8-20-12(17)19-6-7-21-11-10(13(14,15)16)4-3-5-18-11/h3-5,9H,6-8H2,1-2H3,(H3,17,19,20). The van der Waals surface area contributed by atoms with E-state index in [0.29, 0.717) is 12.5 Å². The summed E-state index contributed by atoms with van der Waals surface area (Å²) in [5.74, 6) is 0.179. The second-order valence-electron chi connectivity index (χ2n) is 4.75. The highest BCUT2D eigenvalue weighted by Crippen LogP contribution is 2.34. The number of guanidine groups is 1. The SMILES string of the molecule is CC(C)CN=C(N)NCCOc1ncccc1C(F)(F)F. The van der Waals surface area contributed by atoms with Crippen LogP contribution in [0.15, 0.2) is 23.3 Å². The first-order chi connectivity index (χ1) is 9.80. The van der Waals surface area contributed by atoms with Crippen molar-refractivity contribution in [2.24, 2.45) is 16.6 Å². The first kappa shape index (κ1) is 17.1. The Bertz CT molecular complexity index is 475. The van der Waals surface area contributed by atoms with Crippen LogP contribution in [0.4, 0.5) is 13.2 Å². The monoisotopic (exact) mass is 304 g/mol. The first-order valence-electron chi connectivity index (χ1n) is 6.49. The highest BCUT2D eigenvalue weighted by Gasteiger charge is 2.34. The average molecular weight is 304 g/mol. The van der Waals surface area contributed by atoms with Gasteiger partial charge in [0.1, 0.15) is 12.2 Å². The molecule has 1 aromatic rings. The molecule has 118 valence electrons. The summed E-state index contributed by atoms with van der Waals surface area (Å²) >= 11 is 0. The van der Waals surface area contributed by atoms with Gasteiger partial charge in [-0.25, -0.2) is 4.98 Å². The summed E-state index contributed by atoms with van der Waals surface area (Å²) in [6.45, 7) is 4.82. The lowest BCUT2D eigenvalue weighted by molar-refractivity contribution is -0.139. The third kappa shape index (κ3) is 6.33. The number of alkyl halides is 3. The maximum atomic E-state index is 12.7. The predicted molar refractivity (Wildman–Crippen MR) is 74.1 cm³/mol. The summed E-state index contributed by atoms with van der Waals surface area (Å²) in [5.41, 5.74) is 4.69. The maximum absolute atomic E-state index is 12.7. The van der Waals surface area contributed by atoms with Gasteiger partial charge in [-0.15, -0.1) is 0 Å². The lowest BCUT2D eigenvalue weighted by Crippen LogP contribution is -2.35. The van der Waals surface area contributed by atoms with Crippen LogP contribution in [0.1, 0.15) is 19.4 Å². The fraction of sp³-hybridized carbons (Fsp3) is 0.538. The Hall–Kier alpha value is -1.99. The molecule has 3 N–H and O–H groups in total. The molecule has 0 aromatic carbocycles. The van der Waals surface area contributed by atoms with Crippen molar-refractivity contribution in [1.29, 1.82) is 0 Å². The van der Waals surface area contributed by atoms with E-state index in [4.69, 9.17) is 10.5 Å². The molecule has 0 spiro atoms. The van der Waals surface area contributed by atoms with Gasteiger partial charge in [-0.1, -0.05) is 13.8 Å². The van der Waals surface area contributed by atoms with Crippen LogP contribution in [0, 0.1) is 5.92 Å². The third-order valence-electron chi connectivity index (χ3n) is 2.35. The Balaban J connectivity index is 2.45. The fourth-order valence-electron chi connectivity index (χ4n) is 1.39. The summed E-state index contributed by atoms with van der Waals surface area (Å²) in [4.78, 5) is 7.65. The summed E-state index contributed by atoms with van der Waals surface area (Å²) < 4.78 is 43.1. The number of hydrogen-bond donors (Lipinski definition) is 2. The van der Waals surface area contributed by atoms with E-state index < -0.39 is 17.6 Å². The number of pyridine rings is 1. The van der Waals surface area contributed by atoms with Crippen LogP contribution in [-0.2, 0) is 6.18 Å². The first-order valence-corrected chi connectivity index (χ1v) is 6.49. The fourth-order valence-corrected chi connectivity index (χ4v) is 1.39. The van der Waals surface area contributed by atoms with Gasteiger partial charge in [0.25, 0.3) is 0 Å². The molecule has 0 aliphatic rings. The van der Waals surface area contributed by atoms with E-state index in [1.807, 2.05) is 13.8 Å². The molecule has 0 saturated heterocycles. The number of nitrogens with one attached hydrogen (secondary N) is 1. The molecule has 0 radical (unpaired) electrons. The van der Waals surface area contributed by atoms with Gasteiger partial charge >= 0.3 is 6.18 Å². The van der Waals surface area contributed by atoms with Gasteiger partial charge in [-0.05, 0) is 18.1 Å². The van der Waals surface area contributed by atoms with Crippen LogP contribution in [0.25, 0.3) is 0 Å². The maximum Gasteiger partial charge on any atom is 0.421 e. The Morgan fingerprint density at radius 1 is 1.48 bits per heavy atom. The third-order valence-corrected chi connectivity index (χ3v) is 2.35. The lowest BCUT2D eigenvalue weighted by Gasteiger charge is -2.12. The molecular formula is C13H19F3N4O. The predicted octanol–water partition coefficient (Wildman–Crippen LogP) is 2.04. The molecule has 0 atom stereocenters. The van der Waals surface area contributed by atoms with E-state index in [1.165, 1.54) is 12.3 Å². The van der Waals surface area contributed by atoms with Crippen molar-refractivity contribution in [2.45, 2.75) is 20.0 Å². The molecule has 1 aromatic heterocycles. The molecule has 0 bridgehead atoms. The Kier molecular flexibility index (Phi) is 6.26. The minimum absolute atomic E-state index is 0.00199. The highest BCUT2D eigenvalue weighted by molar-refractivity contribution is 5.77. The average Bonchev–Trinajstić information content (AvgIpc) is 2.40. The van der Waals surface area contributed by atoms with Crippen molar-refractivity contribution in [2.75, 3.05) is 19.7 Å². The number of hydrogen-bond acceptors (Lipinski definition) is 3. The van der Waals surface area contributed by atoms with E-state index in [0.717, 1.165) is 6.07 Å². The molecule has 0 saturated carbocycles. The summed E-state index contributed by atoms with van der Waals surface area (Å²) in [6, 6.07) is 2.14. The molecule has 1 rings (SSSR count). The number of halogens is 3. The molecule has 1 heterocycles. The number of nitrogens with zero attached hydrogens (tertiary/aromatic N) is 2. The number of ether oxygens (including phenoxy) is 1. The normalized spacial score (nSPS) is 12.6. The van der Waals surface area contributed by atoms with Crippen LogP contribution in [0.3, 0.4) is 0 Å². The van der Waals surface area contributed by atoms with E-state index >= 15 is 0 Å². The van der Waals surface area contributed by atoms with Crippen molar-refractivity contribution in [3.05, 3.63) is 23.9 Å². The van der Waals surface area contributed by atoms with E-state index in [1.54, 1.807) is 0 Å². The van der Waals surface area contributed by atoms with Crippen LogP contribution in [-0.4, -0.2) is 30.6 Å². The molecule has 0 aliphatic carbocycles. The van der Waals surface area contributed by atoms with E-state index in [-0.39, 0.29) is 19.1 Å². The molecule has 0 amide bonds. The zero-order valence-corrected chi connectivity index (χ0v) is 11.9. The number of aliphatic imine (C=N–C) groups is 1. The van der Waals surface area contributed by atoms with Gasteiger partial charge in [0, 0.05) is 12.7 Å². The Labute approximate surface area is 121 Å². The van der Waals surface area contributed by atoms with E-state index in [2.05, 4.69) is 15.3 Å². The summed E-state index contributed by atoms with van der Waals surface area (Å²) in [6.07, 6.45) is -3.24. The van der Waals surface area contributed by atoms with Crippen molar-refractivity contribution in [3.8, 4) is 5.88 Å². The van der Waals surface area contributed by atoms with Crippen LogP contribution in [0.2, 0.25) is 0 Å². The molecule has 0 aliphatic heterocycles. The minimum atomic E-state index is -4.49. The largest absolute Gasteiger partial charge is 0.475 e. The zero-order chi connectivity index (χ0) is 15.9. The smallest absolute Gasteiger partial charge is 0.421 e. The van der Waals surface area contributed by atoms with Gasteiger partial charge < -0.3 is 15.8 Å². The topological polar surface area (TPSA) is 72.5 Å². The second-order valence-corrected chi connectivity index (χ2v) is 4.75. The number of aromatic nitrogens is 1. The Morgan fingerprint density at radius 3 is 2.81 bits per heavy atom. The quantitative estimate of drug-likeness (QED) is 0.479. The van der Waals surface area contributed by atoms with Gasteiger partial charge in [0.15, 0.2) is 5.96 Å². The Morgan fingerprint density at radius 2 is 2.19 bits per heavy atom. The summed E-state index contributed by atoms with van der Waals surface area (Å²) in [7, 11) is 0. The molecule has 5 nitrogen and oxygen atoms in total. The molecule has 8 heteroatoms. The van der Waals surface area contributed by atoms with Gasteiger partial charge in [0.2, 0.25) is 5.88 Å². The molecule has 0 unspecified atom stereocenters. The van der Waals surface area contributed by atoms with E-state index in [9.17, 15) is 13.2 Å².